The summed E-state index contributed by atoms with van der Waals surface area (Å²) in [4.78, 5) is 11.7. The molecule has 0 aromatic heterocycles. The van der Waals surface area contributed by atoms with Gasteiger partial charge in [0.2, 0.25) is 0 Å². The fourth-order valence-corrected chi connectivity index (χ4v) is 2.78. The van der Waals surface area contributed by atoms with Crippen molar-refractivity contribution in [3.05, 3.63) is 29.3 Å². The average Bonchev–Trinajstić information content (AvgIpc) is 2.22. The van der Waals surface area contributed by atoms with E-state index in [1.54, 1.807) is 0 Å². The van der Waals surface area contributed by atoms with Crippen LogP contribution in [0.25, 0.3) is 0 Å². The largest absolute Gasteiger partial charge is 0.292 e. The van der Waals surface area contributed by atoms with E-state index >= 15 is 0 Å². The summed E-state index contributed by atoms with van der Waals surface area (Å²) in [5.41, 5.74) is 1.19. The van der Waals surface area contributed by atoms with Gasteiger partial charge in [-0.15, -0.1) is 11.6 Å². The number of hydrogen-bond donors (Lipinski definition) is 0. The Bertz CT molecular complexity index is 551. The first kappa shape index (κ1) is 11.9. The van der Waals surface area contributed by atoms with E-state index in [2.05, 4.69) is 0 Å². The van der Waals surface area contributed by atoms with Gasteiger partial charge < -0.3 is 0 Å². The molecule has 6 heteroatoms. The zero-order valence-corrected chi connectivity index (χ0v) is 10.4. The Morgan fingerprint density at radius 3 is 2.62 bits per heavy atom. The molecule has 0 N–H and O–H groups in total. The molecule has 1 atom stereocenters. The molecule has 0 aliphatic heterocycles. The number of rotatable bonds is 1. The van der Waals surface area contributed by atoms with E-state index in [-0.39, 0.29) is 10.7 Å². The van der Waals surface area contributed by atoms with Gasteiger partial charge in [-0.25, -0.2) is 8.42 Å². The Labute approximate surface area is 103 Å². The van der Waals surface area contributed by atoms with E-state index < -0.39 is 14.4 Å². The molecule has 1 aliphatic carbocycles. The van der Waals surface area contributed by atoms with Gasteiger partial charge in [0.15, 0.2) is 5.78 Å². The number of alkyl halides is 1. The third kappa shape index (κ3) is 2.10. The molecule has 0 spiro atoms. The fraction of sp³-hybridized carbons (Fsp3) is 0.300. The van der Waals surface area contributed by atoms with Crippen molar-refractivity contribution in [1.29, 1.82) is 0 Å². The molecule has 2 rings (SSSR count). The lowest BCUT2D eigenvalue weighted by Crippen LogP contribution is -2.22. The molecule has 0 heterocycles. The minimum Gasteiger partial charge on any atom is -0.292 e. The molecule has 1 aromatic carbocycles. The van der Waals surface area contributed by atoms with Crippen molar-refractivity contribution in [2.45, 2.75) is 23.1 Å². The number of aryl methyl sites for hydroxylation is 1. The van der Waals surface area contributed by atoms with E-state index in [1.807, 2.05) is 0 Å². The second-order valence-electron chi connectivity index (χ2n) is 3.63. The summed E-state index contributed by atoms with van der Waals surface area (Å²) in [6.07, 6.45) is 1.12. The Hall–Kier alpha value is -0.580. The maximum atomic E-state index is 11.7. The summed E-state index contributed by atoms with van der Waals surface area (Å²) >= 11 is 5.83. The predicted octanol–water partition coefficient (Wildman–Crippen LogP) is 2.35. The van der Waals surface area contributed by atoms with Crippen molar-refractivity contribution in [2.24, 2.45) is 0 Å². The highest BCUT2D eigenvalue weighted by atomic mass is 35.7. The van der Waals surface area contributed by atoms with Gasteiger partial charge in [0, 0.05) is 16.2 Å². The lowest BCUT2D eigenvalue weighted by molar-refractivity contribution is 0.0976. The topological polar surface area (TPSA) is 51.2 Å². The van der Waals surface area contributed by atoms with Crippen LogP contribution in [0.5, 0.6) is 0 Å². The Morgan fingerprint density at radius 2 is 2.00 bits per heavy atom. The van der Waals surface area contributed by atoms with Crippen LogP contribution in [-0.4, -0.2) is 19.6 Å². The molecule has 0 fully saturated rings. The normalized spacial score (nSPS) is 20.6. The molecule has 0 saturated carbocycles. The number of carbonyl (C=O) groups is 1. The van der Waals surface area contributed by atoms with Crippen molar-refractivity contribution in [2.75, 3.05) is 0 Å². The molecule has 1 aliphatic rings. The van der Waals surface area contributed by atoms with Gasteiger partial charge in [0.05, 0.1) is 10.3 Å². The maximum Gasteiger partial charge on any atom is 0.261 e. The van der Waals surface area contributed by atoms with Gasteiger partial charge in [-0.3, -0.25) is 4.79 Å². The molecule has 0 radical (unpaired) electrons. The van der Waals surface area contributed by atoms with Crippen LogP contribution in [0.2, 0.25) is 0 Å². The highest BCUT2D eigenvalue weighted by molar-refractivity contribution is 8.13. The quantitative estimate of drug-likeness (QED) is 0.585. The zero-order valence-electron chi connectivity index (χ0n) is 8.11. The predicted molar refractivity (Wildman–Crippen MR) is 61.8 cm³/mol. The van der Waals surface area contributed by atoms with Gasteiger partial charge in [-0.1, -0.05) is 0 Å². The summed E-state index contributed by atoms with van der Waals surface area (Å²) in [7, 11) is 1.49. The molecule has 0 unspecified atom stereocenters. The van der Waals surface area contributed by atoms with Crippen LogP contribution in [0.1, 0.15) is 22.3 Å². The smallest absolute Gasteiger partial charge is 0.261 e. The van der Waals surface area contributed by atoms with Gasteiger partial charge in [0.25, 0.3) is 9.05 Å². The lowest BCUT2D eigenvalue weighted by atomic mass is 9.90. The number of fused-ring (bicyclic) bond motifs is 1. The second-order valence-corrected chi connectivity index (χ2v) is 6.72. The summed E-state index contributed by atoms with van der Waals surface area (Å²) in [6, 6.07) is 4.24. The lowest BCUT2D eigenvalue weighted by Gasteiger charge is -2.18. The molecule has 16 heavy (non-hydrogen) atoms. The first-order chi connectivity index (χ1) is 7.39. The molecule has 1 aromatic rings. The van der Waals surface area contributed by atoms with Crippen LogP contribution in [0.3, 0.4) is 0 Å². The molecule has 3 nitrogen and oxygen atoms in total. The van der Waals surface area contributed by atoms with E-state index in [4.69, 9.17) is 22.3 Å². The van der Waals surface area contributed by atoms with E-state index in [1.165, 1.54) is 18.2 Å². The summed E-state index contributed by atoms with van der Waals surface area (Å²) in [5, 5.41) is -0.508. The standard InChI is InChI=1S/C10H8Cl2O3S/c11-9-4-1-6-5-7(16(12,14)15)2-3-8(6)10(9)13/h2-3,5,9H,1,4H2/t9-/m0/s1. The Balaban J connectivity index is 2.54. The van der Waals surface area contributed by atoms with Crippen LogP contribution in [0.15, 0.2) is 23.1 Å². The minimum atomic E-state index is -3.74. The fourth-order valence-electron chi connectivity index (χ4n) is 1.75. The van der Waals surface area contributed by atoms with Crippen molar-refractivity contribution >= 4 is 37.1 Å². The summed E-state index contributed by atoms with van der Waals surface area (Å²) in [5.74, 6) is -0.151. The summed E-state index contributed by atoms with van der Waals surface area (Å²) in [6.45, 7) is 0. The first-order valence-electron chi connectivity index (χ1n) is 4.65. The Morgan fingerprint density at radius 1 is 1.31 bits per heavy atom. The van der Waals surface area contributed by atoms with Crippen molar-refractivity contribution < 1.29 is 13.2 Å². The van der Waals surface area contributed by atoms with Crippen molar-refractivity contribution in [3.63, 3.8) is 0 Å². The number of hydrogen-bond acceptors (Lipinski definition) is 3. The van der Waals surface area contributed by atoms with E-state index in [0.29, 0.717) is 24.0 Å². The maximum absolute atomic E-state index is 11.7. The third-order valence-corrected chi connectivity index (χ3v) is 4.34. The van der Waals surface area contributed by atoms with Crippen LogP contribution < -0.4 is 0 Å². The number of carbonyl (C=O) groups excluding carboxylic acids is 1. The van der Waals surface area contributed by atoms with Crippen LogP contribution in [0, 0.1) is 0 Å². The number of ketones is 1. The summed E-state index contributed by atoms with van der Waals surface area (Å²) < 4.78 is 22.2. The highest BCUT2D eigenvalue weighted by Crippen LogP contribution is 2.27. The molecule has 86 valence electrons. The molecular weight excluding hydrogens is 271 g/mol. The first-order valence-corrected chi connectivity index (χ1v) is 7.40. The number of Topliss-reactive ketones (excluding diaryl/α,β-unsaturated/α-hetero) is 1. The van der Waals surface area contributed by atoms with Gasteiger partial charge in [-0.05, 0) is 36.6 Å². The van der Waals surface area contributed by atoms with Crippen LogP contribution >= 0.6 is 22.3 Å². The second kappa shape index (κ2) is 4.02. The third-order valence-electron chi connectivity index (χ3n) is 2.58. The highest BCUT2D eigenvalue weighted by Gasteiger charge is 2.26. The van der Waals surface area contributed by atoms with Gasteiger partial charge in [0.1, 0.15) is 0 Å². The molecule has 0 amide bonds. The number of halogens is 2. The van der Waals surface area contributed by atoms with E-state index in [0.717, 1.165) is 0 Å². The SMILES string of the molecule is O=C1c2ccc(S(=O)(=O)Cl)cc2CC[C@@H]1Cl. The van der Waals surface area contributed by atoms with Crippen LogP contribution in [-0.2, 0) is 15.5 Å². The molecule has 0 bridgehead atoms. The van der Waals surface area contributed by atoms with Gasteiger partial charge >= 0.3 is 0 Å². The number of benzene rings is 1. The van der Waals surface area contributed by atoms with Crippen molar-refractivity contribution in [3.8, 4) is 0 Å². The Kier molecular flexibility index (Phi) is 2.99. The van der Waals surface area contributed by atoms with Crippen LogP contribution in [0.4, 0.5) is 0 Å². The molecular formula is C10H8Cl2O3S. The zero-order chi connectivity index (χ0) is 11.9. The minimum absolute atomic E-state index is 0.0220. The average molecular weight is 279 g/mol. The van der Waals surface area contributed by atoms with E-state index in [9.17, 15) is 13.2 Å². The monoisotopic (exact) mass is 278 g/mol. The van der Waals surface area contributed by atoms with Crippen molar-refractivity contribution in [1.82, 2.24) is 0 Å². The van der Waals surface area contributed by atoms with Gasteiger partial charge in [-0.2, -0.15) is 0 Å². The molecule has 0 saturated heterocycles.